The van der Waals surface area contributed by atoms with Gasteiger partial charge in [-0.25, -0.2) is 9.97 Å². The summed E-state index contributed by atoms with van der Waals surface area (Å²) in [7, 11) is 0. The van der Waals surface area contributed by atoms with Crippen LogP contribution in [0.2, 0.25) is 5.02 Å². The topological polar surface area (TPSA) is 75.1 Å². The molecule has 5 nitrogen and oxygen atoms in total. The van der Waals surface area contributed by atoms with Crippen molar-refractivity contribution in [1.29, 1.82) is 0 Å². The monoisotopic (exact) mass is 465 g/mol. The van der Waals surface area contributed by atoms with Crippen molar-refractivity contribution < 1.29 is 9.90 Å². The number of hydrogen-bond donors (Lipinski definition) is 2. The number of carbonyl (C=O) groups excluding carboxylic acids is 1. The first kappa shape index (κ1) is 20.4. The number of nitrogens with zero attached hydrogens (tertiary/aromatic N) is 2. The maximum atomic E-state index is 12.2. The summed E-state index contributed by atoms with van der Waals surface area (Å²) in [6, 6.07) is 7.02. The standard InChI is InChI=1S/C16H15BrCl3N3O2/c1-16(19,20)6-11(24)7-22-15(25)12-8-21-14(17)13(23-12)9-2-4-10(18)5-3-9/h2-5,8,11,24H,6-7H2,1H3,(H,22,25). The van der Waals surface area contributed by atoms with E-state index in [-0.39, 0.29) is 18.7 Å². The van der Waals surface area contributed by atoms with E-state index in [1.165, 1.54) is 6.20 Å². The van der Waals surface area contributed by atoms with Crippen LogP contribution in [-0.4, -0.2) is 38.0 Å². The van der Waals surface area contributed by atoms with E-state index in [2.05, 4.69) is 31.2 Å². The summed E-state index contributed by atoms with van der Waals surface area (Å²) in [4.78, 5) is 20.7. The van der Waals surface area contributed by atoms with Crippen molar-refractivity contribution in [2.75, 3.05) is 6.54 Å². The number of halogens is 4. The Balaban J connectivity index is 2.10. The Bertz CT molecular complexity index is 751. The second kappa shape index (κ2) is 8.64. The van der Waals surface area contributed by atoms with Crippen LogP contribution >= 0.6 is 50.7 Å². The van der Waals surface area contributed by atoms with Crippen LogP contribution in [0, 0.1) is 0 Å². The van der Waals surface area contributed by atoms with Crippen molar-refractivity contribution in [1.82, 2.24) is 15.3 Å². The van der Waals surface area contributed by atoms with Crippen molar-refractivity contribution in [3.63, 3.8) is 0 Å². The third-order valence-corrected chi connectivity index (χ3v) is 4.31. The molecule has 0 bridgehead atoms. The molecular weight excluding hydrogens is 452 g/mol. The second-order valence-corrected chi connectivity index (χ2v) is 8.59. The molecule has 0 spiro atoms. The zero-order valence-electron chi connectivity index (χ0n) is 13.1. The van der Waals surface area contributed by atoms with Crippen molar-refractivity contribution in [2.45, 2.75) is 23.8 Å². The van der Waals surface area contributed by atoms with E-state index < -0.39 is 16.3 Å². The summed E-state index contributed by atoms with van der Waals surface area (Å²) in [5.74, 6) is -0.458. The number of alkyl halides is 2. The molecule has 0 aliphatic carbocycles. The lowest BCUT2D eigenvalue weighted by atomic mass is 10.1. The van der Waals surface area contributed by atoms with E-state index in [1.54, 1.807) is 31.2 Å². The van der Waals surface area contributed by atoms with Crippen LogP contribution in [0.15, 0.2) is 35.1 Å². The Hall–Kier alpha value is -0.920. The zero-order chi connectivity index (χ0) is 18.6. The molecule has 1 amide bonds. The van der Waals surface area contributed by atoms with Crippen LogP contribution in [0.5, 0.6) is 0 Å². The van der Waals surface area contributed by atoms with Gasteiger partial charge in [0.2, 0.25) is 0 Å². The van der Waals surface area contributed by atoms with Crippen molar-refractivity contribution in [3.8, 4) is 11.3 Å². The third-order valence-electron chi connectivity index (χ3n) is 3.17. The highest BCUT2D eigenvalue weighted by Crippen LogP contribution is 2.26. The van der Waals surface area contributed by atoms with Gasteiger partial charge < -0.3 is 10.4 Å². The van der Waals surface area contributed by atoms with Crippen LogP contribution < -0.4 is 5.32 Å². The predicted octanol–water partition coefficient (Wildman–Crippen LogP) is 4.23. The highest BCUT2D eigenvalue weighted by Gasteiger charge is 2.22. The molecule has 0 saturated heterocycles. The van der Waals surface area contributed by atoms with Gasteiger partial charge in [-0.2, -0.15) is 0 Å². The van der Waals surface area contributed by atoms with Gasteiger partial charge in [-0.15, -0.1) is 23.2 Å². The summed E-state index contributed by atoms with van der Waals surface area (Å²) in [5, 5.41) is 13.0. The highest BCUT2D eigenvalue weighted by atomic mass is 79.9. The molecular formula is C16H15BrCl3N3O2. The van der Waals surface area contributed by atoms with E-state index in [0.717, 1.165) is 5.56 Å². The quantitative estimate of drug-likeness (QED) is 0.624. The molecule has 134 valence electrons. The summed E-state index contributed by atoms with van der Waals surface area (Å²) in [6.45, 7) is 1.57. The average molecular weight is 468 g/mol. The molecule has 0 saturated carbocycles. The molecule has 1 aromatic carbocycles. The molecule has 1 unspecified atom stereocenters. The normalized spacial score (nSPS) is 12.7. The minimum Gasteiger partial charge on any atom is -0.391 e. The lowest BCUT2D eigenvalue weighted by molar-refractivity contribution is 0.0903. The Morgan fingerprint density at radius 1 is 1.36 bits per heavy atom. The molecule has 0 aliphatic rings. The molecule has 1 heterocycles. The summed E-state index contributed by atoms with van der Waals surface area (Å²) in [5.41, 5.74) is 1.40. The maximum Gasteiger partial charge on any atom is 0.271 e. The maximum absolute atomic E-state index is 12.2. The van der Waals surface area contributed by atoms with Crippen molar-refractivity contribution >= 4 is 56.6 Å². The summed E-state index contributed by atoms with van der Waals surface area (Å²) in [6.07, 6.45) is 0.597. The van der Waals surface area contributed by atoms with E-state index in [4.69, 9.17) is 34.8 Å². The third kappa shape index (κ3) is 6.38. The van der Waals surface area contributed by atoms with E-state index in [0.29, 0.717) is 15.3 Å². The molecule has 1 aromatic heterocycles. The van der Waals surface area contributed by atoms with Gasteiger partial charge in [0.1, 0.15) is 20.3 Å². The molecule has 2 rings (SSSR count). The molecule has 0 radical (unpaired) electrons. The number of amides is 1. The minimum atomic E-state index is -1.07. The molecule has 2 N–H and O–H groups in total. The lowest BCUT2D eigenvalue weighted by Gasteiger charge is -2.18. The zero-order valence-corrected chi connectivity index (χ0v) is 17.0. The number of carbonyl (C=O) groups is 1. The van der Waals surface area contributed by atoms with Gasteiger partial charge in [0.05, 0.1) is 12.3 Å². The van der Waals surface area contributed by atoms with Gasteiger partial charge >= 0.3 is 0 Å². The van der Waals surface area contributed by atoms with Crippen LogP contribution in [0.1, 0.15) is 23.8 Å². The molecule has 9 heteroatoms. The highest BCUT2D eigenvalue weighted by molar-refractivity contribution is 9.10. The summed E-state index contributed by atoms with van der Waals surface area (Å²) < 4.78 is -0.560. The Labute approximate surface area is 168 Å². The first-order chi connectivity index (χ1) is 11.7. The Kier molecular flexibility index (Phi) is 7.05. The van der Waals surface area contributed by atoms with Gasteiger partial charge in [0, 0.05) is 23.6 Å². The fourth-order valence-electron chi connectivity index (χ4n) is 2.06. The van der Waals surface area contributed by atoms with Crippen LogP contribution in [0.4, 0.5) is 0 Å². The van der Waals surface area contributed by atoms with Gasteiger partial charge in [0.15, 0.2) is 0 Å². The Morgan fingerprint density at radius 2 is 2.00 bits per heavy atom. The number of aromatic nitrogens is 2. The summed E-state index contributed by atoms with van der Waals surface area (Å²) >= 11 is 20.9. The van der Waals surface area contributed by atoms with Gasteiger partial charge in [-0.1, -0.05) is 23.7 Å². The average Bonchev–Trinajstić information content (AvgIpc) is 2.52. The van der Waals surface area contributed by atoms with Gasteiger partial charge in [-0.3, -0.25) is 4.79 Å². The van der Waals surface area contributed by atoms with E-state index in [1.807, 2.05) is 0 Å². The number of aliphatic hydroxyl groups is 1. The van der Waals surface area contributed by atoms with Crippen LogP contribution in [0.3, 0.4) is 0 Å². The fourth-order valence-corrected chi connectivity index (χ4v) is 2.96. The van der Waals surface area contributed by atoms with Gasteiger partial charge in [-0.05, 0) is 35.0 Å². The first-order valence-electron chi connectivity index (χ1n) is 7.28. The minimum absolute atomic E-state index is 0.00187. The molecule has 2 aromatic rings. The van der Waals surface area contributed by atoms with E-state index in [9.17, 15) is 9.90 Å². The number of nitrogens with one attached hydrogen (secondary N) is 1. The second-order valence-electron chi connectivity index (χ2n) is 5.54. The van der Waals surface area contributed by atoms with Crippen molar-refractivity contribution in [3.05, 3.63) is 45.8 Å². The largest absolute Gasteiger partial charge is 0.391 e. The lowest BCUT2D eigenvalue weighted by Crippen LogP contribution is -2.35. The number of rotatable bonds is 6. The van der Waals surface area contributed by atoms with Crippen LogP contribution in [-0.2, 0) is 0 Å². The predicted molar refractivity (Wildman–Crippen MR) is 103 cm³/mol. The van der Waals surface area contributed by atoms with E-state index >= 15 is 0 Å². The number of hydrogen-bond acceptors (Lipinski definition) is 4. The number of benzene rings is 1. The molecule has 25 heavy (non-hydrogen) atoms. The molecule has 0 fully saturated rings. The van der Waals surface area contributed by atoms with Crippen molar-refractivity contribution in [2.24, 2.45) is 0 Å². The number of aliphatic hydroxyl groups excluding tert-OH is 1. The SMILES string of the molecule is CC(Cl)(Cl)CC(O)CNC(=O)c1cnc(Br)c(-c2ccc(Cl)cc2)n1. The fraction of sp³-hybridized carbons (Fsp3) is 0.312. The first-order valence-corrected chi connectivity index (χ1v) is 9.21. The van der Waals surface area contributed by atoms with Gasteiger partial charge in [0.25, 0.3) is 5.91 Å². The van der Waals surface area contributed by atoms with Crippen LogP contribution in [0.25, 0.3) is 11.3 Å². The Morgan fingerprint density at radius 3 is 2.60 bits per heavy atom. The smallest absolute Gasteiger partial charge is 0.271 e. The molecule has 1 atom stereocenters. The molecule has 0 aliphatic heterocycles.